The van der Waals surface area contributed by atoms with Crippen LogP contribution in [0, 0.1) is 11.8 Å². The maximum Gasteiger partial charge on any atom is 0.145 e. The number of allylic oxidation sites excluding steroid dienone is 2. The van der Waals surface area contributed by atoms with Crippen LogP contribution in [-0.4, -0.2) is 6.29 Å². The predicted molar refractivity (Wildman–Crippen MR) is 41.7 cm³/mol. The summed E-state index contributed by atoms with van der Waals surface area (Å²) in [4.78, 5) is 10.4. The molecular formula is C9H14O. The van der Waals surface area contributed by atoms with Crippen LogP contribution in [0.1, 0.15) is 26.7 Å². The largest absolute Gasteiger partial charge is 0.298 e. The Morgan fingerprint density at radius 1 is 1.60 bits per heavy atom. The molecule has 0 amide bonds. The van der Waals surface area contributed by atoms with E-state index in [1.54, 1.807) is 0 Å². The van der Waals surface area contributed by atoms with Crippen molar-refractivity contribution in [3.05, 3.63) is 11.6 Å². The fourth-order valence-electron chi connectivity index (χ4n) is 1.43. The number of carbonyl (C=O) groups is 1. The fourth-order valence-corrected chi connectivity index (χ4v) is 1.43. The van der Waals surface area contributed by atoms with Gasteiger partial charge in [0.1, 0.15) is 6.29 Å². The Morgan fingerprint density at radius 2 is 2.30 bits per heavy atom. The molecule has 0 radical (unpaired) electrons. The van der Waals surface area contributed by atoms with Gasteiger partial charge in [-0.25, -0.2) is 0 Å². The minimum absolute atomic E-state index is 0.478. The lowest BCUT2D eigenvalue weighted by Crippen LogP contribution is -2.15. The molecule has 1 rings (SSSR count). The molecule has 10 heavy (non-hydrogen) atoms. The van der Waals surface area contributed by atoms with E-state index in [4.69, 9.17) is 0 Å². The number of aldehydes is 1. The first-order valence-corrected chi connectivity index (χ1v) is 3.91. The first-order valence-electron chi connectivity index (χ1n) is 3.91. The third-order valence-corrected chi connectivity index (χ3v) is 2.52. The molecule has 1 heteroatoms. The maximum atomic E-state index is 10.4. The standard InChI is InChI=1S/C9H14O/c1-7-4-3-5-9(6-10)8(7)2/h5-8H,3-4H2,1-2H3/t7-,8+/m1/s1. The van der Waals surface area contributed by atoms with E-state index in [1.165, 1.54) is 6.42 Å². The normalized spacial score (nSPS) is 33.2. The average Bonchev–Trinajstić information content (AvgIpc) is 1.95. The van der Waals surface area contributed by atoms with E-state index < -0.39 is 0 Å². The summed E-state index contributed by atoms with van der Waals surface area (Å²) in [6.45, 7) is 4.34. The first-order chi connectivity index (χ1) is 4.75. The van der Waals surface area contributed by atoms with Crippen LogP contribution in [0.4, 0.5) is 0 Å². The molecule has 0 aliphatic heterocycles. The quantitative estimate of drug-likeness (QED) is 0.507. The Morgan fingerprint density at radius 3 is 2.80 bits per heavy atom. The highest BCUT2D eigenvalue weighted by atomic mass is 16.1. The van der Waals surface area contributed by atoms with E-state index in [0.717, 1.165) is 18.3 Å². The topological polar surface area (TPSA) is 17.1 Å². The molecule has 0 spiro atoms. The van der Waals surface area contributed by atoms with Gasteiger partial charge in [0.15, 0.2) is 0 Å². The van der Waals surface area contributed by atoms with Crippen molar-refractivity contribution in [3.8, 4) is 0 Å². The zero-order valence-electron chi connectivity index (χ0n) is 6.63. The molecular weight excluding hydrogens is 124 g/mol. The van der Waals surface area contributed by atoms with Crippen LogP contribution < -0.4 is 0 Å². The third kappa shape index (κ3) is 1.28. The summed E-state index contributed by atoms with van der Waals surface area (Å²) in [7, 11) is 0. The van der Waals surface area contributed by atoms with Crippen molar-refractivity contribution in [1.82, 2.24) is 0 Å². The van der Waals surface area contributed by atoms with Crippen molar-refractivity contribution in [2.24, 2.45) is 11.8 Å². The Hall–Kier alpha value is -0.590. The van der Waals surface area contributed by atoms with Gasteiger partial charge in [-0.2, -0.15) is 0 Å². The molecule has 1 aliphatic carbocycles. The van der Waals surface area contributed by atoms with Crippen molar-refractivity contribution in [2.75, 3.05) is 0 Å². The summed E-state index contributed by atoms with van der Waals surface area (Å²) in [6.07, 6.45) is 5.38. The fraction of sp³-hybridized carbons (Fsp3) is 0.667. The van der Waals surface area contributed by atoms with Crippen molar-refractivity contribution in [3.63, 3.8) is 0 Å². The average molecular weight is 138 g/mol. The van der Waals surface area contributed by atoms with Gasteiger partial charge in [0.05, 0.1) is 0 Å². The lowest BCUT2D eigenvalue weighted by Gasteiger charge is -2.23. The van der Waals surface area contributed by atoms with Crippen LogP contribution in [0.25, 0.3) is 0 Å². The van der Waals surface area contributed by atoms with E-state index in [-0.39, 0.29) is 0 Å². The molecule has 2 atom stereocenters. The number of hydrogen-bond donors (Lipinski definition) is 0. The molecule has 0 N–H and O–H groups in total. The van der Waals surface area contributed by atoms with Crippen molar-refractivity contribution < 1.29 is 4.79 Å². The summed E-state index contributed by atoms with van der Waals surface area (Å²) in [5, 5.41) is 0. The first kappa shape index (κ1) is 7.52. The molecule has 0 bridgehead atoms. The highest BCUT2D eigenvalue weighted by Gasteiger charge is 2.18. The van der Waals surface area contributed by atoms with Crippen LogP contribution >= 0.6 is 0 Å². The zero-order valence-corrected chi connectivity index (χ0v) is 6.63. The molecule has 0 saturated carbocycles. The van der Waals surface area contributed by atoms with Crippen LogP contribution in [0.5, 0.6) is 0 Å². The van der Waals surface area contributed by atoms with Gasteiger partial charge in [-0.15, -0.1) is 0 Å². The number of rotatable bonds is 1. The van der Waals surface area contributed by atoms with Gasteiger partial charge in [0.25, 0.3) is 0 Å². The molecule has 0 aromatic carbocycles. The summed E-state index contributed by atoms with van der Waals surface area (Å²) in [5.74, 6) is 1.16. The lowest BCUT2D eigenvalue weighted by molar-refractivity contribution is -0.105. The van der Waals surface area contributed by atoms with Gasteiger partial charge in [-0.05, 0) is 30.3 Å². The van der Waals surface area contributed by atoms with Gasteiger partial charge >= 0.3 is 0 Å². The second-order valence-electron chi connectivity index (χ2n) is 3.17. The number of carbonyl (C=O) groups excluding carboxylic acids is 1. The van der Waals surface area contributed by atoms with E-state index in [2.05, 4.69) is 19.9 Å². The monoisotopic (exact) mass is 138 g/mol. The van der Waals surface area contributed by atoms with Gasteiger partial charge in [-0.3, -0.25) is 4.79 Å². The van der Waals surface area contributed by atoms with Crippen LogP contribution in [-0.2, 0) is 4.79 Å². The van der Waals surface area contributed by atoms with Crippen molar-refractivity contribution in [1.29, 1.82) is 0 Å². The van der Waals surface area contributed by atoms with Crippen molar-refractivity contribution in [2.45, 2.75) is 26.7 Å². The molecule has 0 aromatic heterocycles. The second-order valence-corrected chi connectivity index (χ2v) is 3.17. The summed E-state index contributed by atoms with van der Waals surface area (Å²) in [5.41, 5.74) is 0.999. The van der Waals surface area contributed by atoms with E-state index >= 15 is 0 Å². The van der Waals surface area contributed by atoms with Crippen molar-refractivity contribution >= 4 is 6.29 Å². The highest BCUT2D eigenvalue weighted by molar-refractivity contribution is 5.74. The summed E-state index contributed by atoms with van der Waals surface area (Å²) in [6, 6.07) is 0. The molecule has 0 aromatic rings. The highest BCUT2D eigenvalue weighted by Crippen LogP contribution is 2.28. The molecule has 1 nitrogen and oxygen atoms in total. The van der Waals surface area contributed by atoms with Gasteiger partial charge in [0.2, 0.25) is 0 Å². The Bertz CT molecular complexity index is 158. The molecule has 1 aliphatic rings. The lowest BCUT2D eigenvalue weighted by atomic mass is 9.81. The zero-order chi connectivity index (χ0) is 7.56. The molecule has 0 saturated heterocycles. The Balaban J connectivity index is 2.71. The second kappa shape index (κ2) is 3.00. The third-order valence-electron chi connectivity index (χ3n) is 2.52. The van der Waals surface area contributed by atoms with Crippen LogP contribution in [0.15, 0.2) is 11.6 Å². The molecule has 0 unspecified atom stereocenters. The van der Waals surface area contributed by atoms with Gasteiger partial charge in [0, 0.05) is 0 Å². The minimum atomic E-state index is 0.478. The Labute approximate surface area is 62.1 Å². The SMILES string of the molecule is C[C@@H]1CCC=C(C=O)[C@H]1C. The van der Waals surface area contributed by atoms with E-state index in [9.17, 15) is 4.79 Å². The Kier molecular flexibility index (Phi) is 2.25. The van der Waals surface area contributed by atoms with Gasteiger partial charge in [-0.1, -0.05) is 19.9 Å². The smallest absolute Gasteiger partial charge is 0.145 e. The number of hydrogen-bond acceptors (Lipinski definition) is 1. The van der Waals surface area contributed by atoms with Crippen LogP contribution in [0.3, 0.4) is 0 Å². The predicted octanol–water partition coefficient (Wildman–Crippen LogP) is 2.18. The molecule has 0 fully saturated rings. The maximum absolute atomic E-state index is 10.4. The molecule has 56 valence electrons. The van der Waals surface area contributed by atoms with E-state index in [0.29, 0.717) is 11.8 Å². The molecule has 0 heterocycles. The van der Waals surface area contributed by atoms with Crippen LogP contribution in [0.2, 0.25) is 0 Å². The summed E-state index contributed by atoms with van der Waals surface area (Å²) < 4.78 is 0. The minimum Gasteiger partial charge on any atom is -0.298 e. The summed E-state index contributed by atoms with van der Waals surface area (Å²) >= 11 is 0. The van der Waals surface area contributed by atoms with Gasteiger partial charge < -0.3 is 0 Å². The van der Waals surface area contributed by atoms with E-state index in [1.807, 2.05) is 0 Å².